The summed E-state index contributed by atoms with van der Waals surface area (Å²) in [4.78, 5) is 21.9. The molecular weight excluding hydrogens is 150 g/mol. The lowest BCUT2D eigenvalue weighted by Gasteiger charge is -2.36. The Morgan fingerprint density at radius 1 is 1.45 bits per heavy atom. The molecule has 0 aromatic carbocycles. The summed E-state index contributed by atoms with van der Waals surface area (Å²) < 4.78 is 4.28. The average Bonchev–Trinajstić information content (AvgIpc) is 1.75. The fraction of sp³-hybridized carbons (Fsp3) is 0.667. The molecule has 0 saturated carbocycles. The Morgan fingerprint density at radius 3 is 2.36 bits per heavy atom. The van der Waals surface area contributed by atoms with Crippen LogP contribution in [0.1, 0.15) is 6.92 Å². The van der Waals surface area contributed by atoms with Gasteiger partial charge < -0.3 is 9.64 Å². The summed E-state index contributed by atoms with van der Waals surface area (Å²) in [6.45, 7) is 2.13. The molecule has 1 fully saturated rings. The number of hydrogen-bond acceptors (Lipinski definition) is 3. The molecule has 5 heteroatoms. The van der Waals surface area contributed by atoms with Gasteiger partial charge in [0.15, 0.2) is 0 Å². The molecule has 0 atom stereocenters. The first kappa shape index (κ1) is 7.84. The molecule has 0 aliphatic carbocycles. The molecule has 0 spiro atoms. The van der Waals surface area contributed by atoms with Crippen LogP contribution in [0.25, 0.3) is 0 Å². The van der Waals surface area contributed by atoms with E-state index >= 15 is 0 Å². The Labute approximate surface area is 63.5 Å². The van der Waals surface area contributed by atoms with Crippen LogP contribution in [0.2, 0.25) is 0 Å². The standard InChI is InChI=1S/C6H8NO4/c1-4(8)7-2-5(3-7)11-6(9)10/h5H,2-3H2,1H3. The van der Waals surface area contributed by atoms with E-state index in [0.29, 0.717) is 13.1 Å². The van der Waals surface area contributed by atoms with E-state index in [2.05, 4.69) is 4.74 Å². The largest absolute Gasteiger partial charge is 0.550 e. The van der Waals surface area contributed by atoms with E-state index in [1.165, 1.54) is 11.8 Å². The second-order valence-corrected chi connectivity index (χ2v) is 2.41. The summed E-state index contributed by atoms with van der Waals surface area (Å²) >= 11 is 0. The summed E-state index contributed by atoms with van der Waals surface area (Å²) in [5, 5.41) is 9.84. The molecule has 1 amide bonds. The highest BCUT2D eigenvalue weighted by Gasteiger charge is 2.31. The maximum Gasteiger partial charge on any atom is 0.550 e. The third-order valence-corrected chi connectivity index (χ3v) is 1.56. The van der Waals surface area contributed by atoms with Gasteiger partial charge in [-0.3, -0.25) is 4.79 Å². The second-order valence-electron chi connectivity index (χ2n) is 2.41. The van der Waals surface area contributed by atoms with Crippen molar-refractivity contribution in [3.63, 3.8) is 0 Å². The summed E-state index contributed by atoms with van der Waals surface area (Å²) in [6, 6.07) is 0. The highest BCUT2D eigenvalue weighted by Crippen LogP contribution is 2.11. The molecule has 0 bridgehead atoms. The Bertz CT molecular complexity index is 185. The molecule has 1 aliphatic rings. The average molecular weight is 158 g/mol. The van der Waals surface area contributed by atoms with Crippen molar-refractivity contribution in [3.8, 4) is 0 Å². The van der Waals surface area contributed by atoms with Gasteiger partial charge in [-0.05, 0) is 0 Å². The highest BCUT2D eigenvalue weighted by molar-refractivity contribution is 5.74. The van der Waals surface area contributed by atoms with Crippen LogP contribution in [-0.2, 0) is 14.6 Å². The van der Waals surface area contributed by atoms with Crippen LogP contribution in [0.4, 0.5) is 4.79 Å². The molecule has 11 heavy (non-hydrogen) atoms. The van der Waals surface area contributed by atoms with Gasteiger partial charge in [0.25, 0.3) is 0 Å². The number of amides is 1. The number of hydrogen-bond donors (Lipinski definition) is 0. The summed E-state index contributed by atoms with van der Waals surface area (Å²) in [6.07, 6.45) is -1.91. The van der Waals surface area contributed by atoms with Crippen molar-refractivity contribution in [2.45, 2.75) is 13.0 Å². The molecule has 0 aromatic rings. The van der Waals surface area contributed by atoms with E-state index in [0.717, 1.165) is 0 Å². The lowest BCUT2D eigenvalue weighted by Crippen LogP contribution is -2.54. The van der Waals surface area contributed by atoms with Gasteiger partial charge in [0.2, 0.25) is 5.91 Å². The van der Waals surface area contributed by atoms with Crippen molar-refractivity contribution in [2.24, 2.45) is 0 Å². The lowest BCUT2D eigenvalue weighted by molar-refractivity contribution is -0.140. The number of rotatable bonds is 1. The Balaban J connectivity index is 2.19. The Hall–Kier alpha value is -1.26. The normalized spacial score (nSPS) is 17.4. The van der Waals surface area contributed by atoms with Gasteiger partial charge in [-0.1, -0.05) is 0 Å². The minimum Gasteiger partial charge on any atom is -0.425 e. The molecule has 0 N–H and O–H groups in total. The van der Waals surface area contributed by atoms with Crippen LogP contribution < -0.4 is 0 Å². The molecule has 1 radical (unpaired) electrons. The zero-order chi connectivity index (χ0) is 8.43. The van der Waals surface area contributed by atoms with E-state index in [1.807, 2.05) is 0 Å². The van der Waals surface area contributed by atoms with Crippen molar-refractivity contribution in [1.29, 1.82) is 0 Å². The molecule has 0 aromatic heterocycles. The smallest absolute Gasteiger partial charge is 0.425 e. The van der Waals surface area contributed by atoms with Gasteiger partial charge in [-0.15, -0.1) is 0 Å². The van der Waals surface area contributed by atoms with E-state index in [9.17, 15) is 14.7 Å². The van der Waals surface area contributed by atoms with Gasteiger partial charge in [0, 0.05) is 6.92 Å². The number of likely N-dealkylation sites (tertiary alicyclic amines) is 1. The molecule has 61 valence electrons. The Kier molecular flexibility index (Phi) is 1.98. The van der Waals surface area contributed by atoms with Crippen LogP contribution in [0.5, 0.6) is 0 Å². The van der Waals surface area contributed by atoms with Gasteiger partial charge >= 0.3 is 6.16 Å². The first-order chi connectivity index (χ1) is 5.09. The van der Waals surface area contributed by atoms with Crippen LogP contribution >= 0.6 is 0 Å². The number of ether oxygens (including phenoxy) is 1. The fourth-order valence-electron chi connectivity index (χ4n) is 0.906. The second kappa shape index (κ2) is 2.77. The molecule has 1 heterocycles. The van der Waals surface area contributed by atoms with Crippen molar-refractivity contribution in [3.05, 3.63) is 0 Å². The first-order valence-electron chi connectivity index (χ1n) is 3.22. The van der Waals surface area contributed by atoms with Gasteiger partial charge in [-0.2, -0.15) is 9.90 Å². The van der Waals surface area contributed by atoms with Gasteiger partial charge in [-0.25, -0.2) is 0 Å². The zero-order valence-electron chi connectivity index (χ0n) is 6.07. The van der Waals surface area contributed by atoms with Gasteiger partial charge in [0.1, 0.15) is 6.10 Å². The SMILES string of the molecule is CC(=O)N1CC(OC([O])=O)C1. The van der Waals surface area contributed by atoms with Crippen LogP contribution in [0.3, 0.4) is 0 Å². The molecule has 0 unspecified atom stereocenters. The molecule has 1 rings (SSSR count). The molecule has 1 aliphatic heterocycles. The minimum absolute atomic E-state index is 0.0665. The number of nitrogens with zero attached hydrogens (tertiary/aromatic N) is 1. The van der Waals surface area contributed by atoms with E-state index in [4.69, 9.17) is 0 Å². The van der Waals surface area contributed by atoms with Crippen LogP contribution in [-0.4, -0.2) is 36.2 Å². The lowest BCUT2D eigenvalue weighted by atomic mass is 10.2. The predicted octanol–water partition coefficient (Wildman–Crippen LogP) is -0.216. The van der Waals surface area contributed by atoms with Crippen molar-refractivity contribution >= 4 is 12.1 Å². The first-order valence-corrected chi connectivity index (χ1v) is 3.22. The fourth-order valence-corrected chi connectivity index (χ4v) is 0.906. The maximum absolute atomic E-state index is 10.6. The van der Waals surface area contributed by atoms with Gasteiger partial charge in [0.05, 0.1) is 13.1 Å². The van der Waals surface area contributed by atoms with Crippen molar-refractivity contribution in [2.75, 3.05) is 13.1 Å². The number of carbonyl (C=O) groups is 2. The minimum atomic E-state index is -1.53. The van der Waals surface area contributed by atoms with Crippen LogP contribution in [0, 0.1) is 0 Å². The molecule has 5 nitrogen and oxygen atoms in total. The number of carbonyl (C=O) groups excluding carboxylic acids is 2. The van der Waals surface area contributed by atoms with E-state index in [1.54, 1.807) is 0 Å². The molecular formula is C6H8NO4. The van der Waals surface area contributed by atoms with Crippen LogP contribution in [0.15, 0.2) is 0 Å². The maximum atomic E-state index is 10.6. The quantitative estimate of drug-likeness (QED) is 0.495. The topological polar surface area (TPSA) is 66.5 Å². The van der Waals surface area contributed by atoms with E-state index < -0.39 is 6.16 Å². The summed E-state index contributed by atoms with van der Waals surface area (Å²) in [5.41, 5.74) is 0. The van der Waals surface area contributed by atoms with Crippen molar-refractivity contribution in [1.82, 2.24) is 4.90 Å². The molecule has 1 saturated heterocycles. The predicted molar refractivity (Wildman–Crippen MR) is 33.2 cm³/mol. The summed E-state index contributed by atoms with van der Waals surface area (Å²) in [5.74, 6) is -0.0665. The summed E-state index contributed by atoms with van der Waals surface area (Å²) in [7, 11) is 0. The third kappa shape index (κ3) is 1.83. The zero-order valence-corrected chi connectivity index (χ0v) is 6.07. The highest BCUT2D eigenvalue weighted by atomic mass is 16.7. The van der Waals surface area contributed by atoms with Crippen molar-refractivity contribution < 1.29 is 19.4 Å². The monoisotopic (exact) mass is 158 g/mol. The third-order valence-electron chi connectivity index (χ3n) is 1.56. The van der Waals surface area contributed by atoms with E-state index in [-0.39, 0.29) is 12.0 Å². The Morgan fingerprint density at radius 2 is 2.00 bits per heavy atom.